The molecule has 1 aliphatic heterocycles. The number of hydrogen-bond donors (Lipinski definition) is 1. The van der Waals surface area contributed by atoms with Gasteiger partial charge in [0.1, 0.15) is 0 Å². The van der Waals surface area contributed by atoms with Gasteiger partial charge in [0.25, 0.3) is 0 Å². The van der Waals surface area contributed by atoms with E-state index in [2.05, 4.69) is 24.3 Å². The molecule has 2 fully saturated rings. The highest BCUT2D eigenvalue weighted by molar-refractivity contribution is 7.89. The molecule has 2 aliphatic rings. The molecule has 25 heavy (non-hydrogen) atoms. The lowest BCUT2D eigenvalue weighted by Gasteiger charge is -2.32. The predicted molar refractivity (Wildman–Crippen MR) is 100 cm³/mol. The van der Waals surface area contributed by atoms with Gasteiger partial charge in [0.15, 0.2) is 0 Å². The summed E-state index contributed by atoms with van der Waals surface area (Å²) in [5.41, 5.74) is 1.56. The molecule has 0 amide bonds. The molecule has 1 aliphatic carbocycles. The van der Waals surface area contributed by atoms with E-state index < -0.39 is 15.3 Å². The van der Waals surface area contributed by atoms with Crippen molar-refractivity contribution < 1.29 is 17.7 Å². The van der Waals surface area contributed by atoms with Crippen LogP contribution in [0.4, 0.5) is 0 Å². The van der Waals surface area contributed by atoms with Crippen LogP contribution in [-0.4, -0.2) is 32.0 Å². The summed E-state index contributed by atoms with van der Waals surface area (Å²) in [6, 6.07) is 8.31. The number of hydrogen-bond acceptors (Lipinski definition) is 4. The maximum atomic E-state index is 11.4. The summed E-state index contributed by atoms with van der Waals surface area (Å²) in [6.07, 6.45) is 1.65. The molecule has 0 spiro atoms. The van der Waals surface area contributed by atoms with Crippen LogP contribution in [0.2, 0.25) is 0 Å². The Morgan fingerprint density at radius 1 is 1.16 bits per heavy atom. The molecule has 1 aromatic carbocycles. The lowest BCUT2D eigenvalue weighted by Crippen LogP contribution is -2.41. The Morgan fingerprint density at radius 2 is 1.68 bits per heavy atom. The topological polar surface area (TPSA) is 78.6 Å². The zero-order valence-corrected chi connectivity index (χ0v) is 16.5. The molecular weight excluding hydrogens is 337 g/mol. The van der Waals surface area contributed by atoms with Crippen molar-refractivity contribution in [2.45, 2.75) is 69.8 Å². The molecule has 3 rings (SSSR count). The summed E-state index contributed by atoms with van der Waals surface area (Å²) >= 11 is 0. The lowest BCUT2D eigenvalue weighted by atomic mass is 9.78. The Hall–Kier alpha value is -0.885. The number of rotatable bonds is 5. The Bertz CT molecular complexity index is 729. The molecular formula is C18H28BNO4S. The van der Waals surface area contributed by atoms with Gasteiger partial charge in [-0.05, 0) is 70.3 Å². The molecule has 0 radical (unpaired) electrons. The molecule has 1 saturated heterocycles. The van der Waals surface area contributed by atoms with Crippen LogP contribution in [0, 0.1) is 5.92 Å². The zero-order chi connectivity index (χ0) is 18.6. The Morgan fingerprint density at radius 3 is 2.16 bits per heavy atom. The van der Waals surface area contributed by atoms with Gasteiger partial charge >= 0.3 is 7.12 Å². The first-order valence-electron chi connectivity index (χ1n) is 8.88. The van der Waals surface area contributed by atoms with Crippen LogP contribution < -0.4 is 10.6 Å². The third-order valence-corrected chi connectivity index (χ3v) is 7.32. The van der Waals surface area contributed by atoms with Crippen molar-refractivity contribution in [3.8, 4) is 0 Å². The highest BCUT2D eigenvalue weighted by atomic mass is 32.2. The highest BCUT2D eigenvalue weighted by Crippen LogP contribution is 2.50. The SMILES string of the molecule is CC(CC1CC1c1ccc(B2OC(C)(C)C(C)(C)O2)cc1)S(N)(=O)=O. The minimum Gasteiger partial charge on any atom is -0.399 e. The fraction of sp³-hybridized carbons (Fsp3) is 0.667. The van der Waals surface area contributed by atoms with Crippen LogP contribution in [0.25, 0.3) is 0 Å². The number of benzene rings is 1. The van der Waals surface area contributed by atoms with E-state index in [9.17, 15) is 8.42 Å². The average Bonchev–Trinajstić information content (AvgIpc) is 3.19. The van der Waals surface area contributed by atoms with E-state index in [1.165, 1.54) is 5.56 Å². The second-order valence-electron chi connectivity index (χ2n) is 8.49. The second kappa shape index (κ2) is 6.08. The van der Waals surface area contributed by atoms with Crippen molar-refractivity contribution >= 4 is 22.6 Å². The largest absolute Gasteiger partial charge is 0.494 e. The summed E-state index contributed by atoms with van der Waals surface area (Å²) < 4.78 is 34.9. The standard InChI is InChI=1S/C18H28BNO4S/c1-12(25(20,21)22)10-14-11-16(14)13-6-8-15(9-7-13)19-23-17(2,3)18(4,5)24-19/h6-9,12,14,16H,10-11H2,1-5H3,(H2,20,21,22). The van der Waals surface area contributed by atoms with Gasteiger partial charge in [-0.1, -0.05) is 24.3 Å². The van der Waals surface area contributed by atoms with Crippen LogP contribution >= 0.6 is 0 Å². The van der Waals surface area contributed by atoms with Gasteiger partial charge < -0.3 is 9.31 Å². The Balaban J connectivity index is 1.63. The summed E-state index contributed by atoms with van der Waals surface area (Å²) in [5, 5.41) is 4.74. The van der Waals surface area contributed by atoms with Gasteiger partial charge in [0.2, 0.25) is 10.0 Å². The van der Waals surface area contributed by atoms with Crippen molar-refractivity contribution in [1.82, 2.24) is 0 Å². The fourth-order valence-electron chi connectivity index (χ4n) is 3.36. The van der Waals surface area contributed by atoms with E-state index in [1.54, 1.807) is 6.92 Å². The highest BCUT2D eigenvalue weighted by Gasteiger charge is 2.51. The molecule has 1 aromatic rings. The predicted octanol–water partition coefficient (Wildman–Crippen LogP) is 2.16. The van der Waals surface area contributed by atoms with Gasteiger partial charge in [-0.25, -0.2) is 13.6 Å². The van der Waals surface area contributed by atoms with Crippen LogP contribution in [0.3, 0.4) is 0 Å². The molecule has 0 aromatic heterocycles. The van der Waals surface area contributed by atoms with Crippen molar-refractivity contribution in [3.63, 3.8) is 0 Å². The fourth-order valence-corrected chi connectivity index (χ4v) is 3.87. The third kappa shape index (κ3) is 3.79. The monoisotopic (exact) mass is 365 g/mol. The Kier molecular flexibility index (Phi) is 4.60. The molecule has 138 valence electrons. The summed E-state index contributed by atoms with van der Waals surface area (Å²) in [4.78, 5) is 0. The summed E-state index contributed by atoms with van der Waals surface area (Å²) in [7, 11) is -3.79. The van der Waals surface area contributed by atoms with Crippen LogP contribution in [0.5, 0.6) is 0 Å². The maximum absolute atomic E-state index is 11.4. The maximum Gasteiger partial charge on any atom is 0.494 e. The summed E-state index contributed by atoms with van der Waals surface area (Å²) in [5.74, 6) is 0.826. The van der Waals surface area contributed by atoms with Gasteiger partial charge in [-0.3, -0.25) is 0 Å². The summed E-state index contributed by atoms with van der Waals surface area (Å²) in [6.45, 7) is 9.86. The van der Waals surface area contributed by atoms with E-state index >= 15 is 0 Å². The minimum atomic E-state index is -3.44. The molecule has 0 bridgehead atoms. The van der Waals surface area contributed by atoms with Gasteiger partial charge in [-0.15, -0.1) is 0 Å². The molecule has 7 heteroatoms. The van der Waals surface area contributed by atoms with Gasteiger partial charge in [-0.2, -0.15) is 0 Å². The van der Waals surface area contributed by atoms with Crippen molar-refractivity contribution in [2.24, 2.45) is 11.1 Å². The molecule has 1 heterocycles. The van der Waals surface area contributed by atoms with E-state index in [0.717, 1.165) is 11.9 Å². The first kappa shape index (κ1) is 18.9. The quantitative estimate of drug-likeness (QED) is 0.811. The average molecular weight is 365 g/mol. The molecule has 2 N–H and O–H groups in total. The zero-order valence-electron chi connectivity index (χ0n) is 15.7. The second-order valence-corrected chi connectivity index (χ2v) is 10.5. The molecule has 3 atom stereocenters. The lowest BCUT2D eigenvalue weighted by molar-refractivity contribution is 0.00578. The Labute approximate surface area is 151 Å². The third-order valence-electron chi connectivity index (χ3n) is 6.01. The van der Waals surface area contributed by atoms with Gasteiger partial charge in [0.05, 0.1) is 16.5 Å². The van der Waals surface area contributed by atoms with E-state index in [1.807, 2.05) is 27.7 Å². The van der Waals surface area contributed by atoms with Crippen molar-refractivity contribution in [3.05, 3.63) is 29.8 Å². The normalized spacial score (nSPS) is 28.8. The smallest absolute Gasteiger partial charge is 0.399 e. The van der Waals surface area contributed by atoms with E-state index in [4.69, 9.17) is 14.4 Å². The van der Waals surface area contributed by atoms with Crippen LogP contribution in [-0.2, 0) is 19.3 Å². The number of primary sulfonamides is 1. The van der Waals surface area contributed by atoms with Crippen LogP contribution in [0.15, 0.2) is 24.3 Å². The van der Waals surface area contributed by atoms with Crippen molar-refractivity contribution in [2.75, 3.05) is 0 Å². The first-order valence-corrected chi connectivity index (χ1v) is 10.5. The molecule has 1 saturated carbocycles. The van der Waals surface area contributed by atoms with Crippen LogP contribution in [0.1, 0.15) is 58.9 Å². The van der Waals surface area contributed by atoms with E-state index in [-0.39, 0.29) is 18.3 Å². The van der Waals surface area contributed by atoms with Crippen molar-refractivity contribution in [1.29, 1.82) is 0 Å². The first-order chi connectivity index (χ1) is 11.4. The minimum absolute atomic E-state index is 0.345. The van der Waals surface area contributed by atoms with E-state index in [0.29, 0.717) is 18.3 Å². The molecule has 5 nitrogen and oxygen atoms in total. The number of sulfonamides is 1. The van der Waals surface area contributed by atoms with Gasteiger partial charge in [0, 0.05) is 0 Å². The molecule has 3 unspecified atom stereocenters. The number of nitrogens with two attached hydrogens (primary N) is 1.